The van der Waals surface area contributed by atoms with Crippen LogP contribution in [-0.2, 0) is 26.2 Å². The van der Waals surface area contributed by atoms with Crippen LogP contribution in [0.3, 0.4) is 0 Å². The Morgan fingerprint density at radius 3 is 2.57 bits per heavy atom. The molecule has 9 heteroatoms. The molecule has 0 aromatic heterocycles. The number of hydrogen-bond donors (Lipinski definition) is 1. The molecule has 0 unspecified atom stereocenters. The minimum Gasteiger partial charge on any atom is -0.496 e. The smallest absolute Gasteiger partial charge is 0.183 e. The largest absolute Gasteiger partial charge is 0.496 e. The zero-order chi connectivity index (χ0) is 20.5. The lowest BCUT2D eigenvalue weighted by Gasteiger charge is -2.21. The van der Waals surface area contributed by atoms with Crippen molar-refractivity contribution in [2.75, 3.05) is 18.6 Å². The fourth-order valence-electron chi connectivity index (χ4n) is 3.37. The van der Waals surface area contributed by atoms with E-state index in [0.717, 1.165) is 11.6 Å². The van der Waals surface area contributed by atoms with Crippen LogP contribution in [0.4, 0.5) is 4.39 Å². The number of nitrogens with one attached hydrogen (secondary N) is 1. The van der Waals surface area contributed by atoms with E-state index >= 15 is 0 Å². The van der Waals surface area contributed by atoms with Crippen LogP contribution in [0.1, 0.15) is 11.1 Å². The summed E-state index contributed by atoms with van der Waals surface area (Å²) >= 11 is 0. The summed E-state index contributed by atoms with van der Waals surface area (Å²) in [6.45, 7) is 1.73. The van der Waals surface area contributed by atoms with E-state index in [-0.39, 0.29) is 22.8 Å². The number of para-hydroxylation sites is 1. The van der Waals surface area contributed by atoms with E-state index in [0.29, 0.717) is 5.75 Å². The zero-order valence-corrected chi connectivity index (χ0v) is 17.2. The number of methoxy groups -OCH3 is 1. The van der Waals surface area contributed by atoms with Gasteiger partial charge in [-0.3, -0.25) is 0 Å². The van der Waals surface area contributed by atoms with Crippen LogP contribution >= 0.6 is 0 Å². The summed E-state index contributed by atoms with van der Waals surface area (Å²) in [4.78, 5) is -0.0717. The average Bonchev–Trinajstić information content (AvgIpc) is 2.97. The van der Waals surface area contributed by atoms with Crippen molar-refractivity contribution in [2.24, 2.45) is 0 Å². The van der Waals surface area contributed by atoms with E-state index in [2.05, 4.69) is 5.32 Å². The molecule has 0 amide bonds. The van der Waals surface area contributed by atoms with E-state index in [1.807, 2.05) is 18.2 Å². The molecule has 152 valence electrons. The van der Waals surface area contributed by atoms with Crippen molar-refractivity contribution in [1.82, 2.24) is 5.32 Å². The van der Waals surface area contributed by atoms with Gasteiger partial charge in [0.25, 0.3) is 0 Å². The van der Waals surface area contributed by atoms with Gasteiger partial charge in [-0.2, -0.15) is 0 Å². The van der Waals surface area contributed by atoms with Crippen molar-refractivity contribution in [3.63, 3.8) is 0 Å². The molecular weight excluding hydrogens is 405 g/mol. The van der Waals surface area contributed by atoms with E-state index < -0.39 is 42.5 Å². The average molecular weight is 428 g/mol. The van der Waals surface area contributed by atoms with Gasteiger partial charge in [-0.1, -0.05) is 18.2 Å². The summed E-state index contributed by atoms with van der Waals surface area (Å²) in [5, 5.41) is 1.93. The molecule has 3 rings (SSSR count). The molecule has 1 aliphatic heterocycles. The molecule has 1 fully saturated rings. The Kier molecular flexibility index (Phi) is 5.79. The predicted molar refractivity (Wildman–Crippen MR) is 104 cm³/mol. The van der Waals surface area contributed by atoms with Crippen LogP contribution in [0.5, 0.6) is 5.75 Å². The highest BCUT2D eigenvalue weighted by Gasteiger charge is 2.45. The fourth-order valence-corrected chi connectivity index (χ4v) is 8.17. The van der Waals surface area contributed by atoms with Gasteiger partial charge in [0.15, 0.2) is 19.7 Å². The van der Waals surface area contributed by atoms with Gasteiger partial charge in [0.2, 0.25) is 0 Å². The Hall–Kier alpha value is -1.97. The molecule has 1 heterocycles. The number of benzene rings is 2. The van der Waals surface area contributed by atoms with Gasteiger partial charge >= 0.3 is 0 Å². The van der Waals surface area contributed by atoms with E-state index in [4.69, 9.17) is 4.74 Å². The van der Waals surface area contributed by atoms with Crippen LogP contribution in [0.2, 0.25) is 0 Å². The molecule has 28 heavy (non-hydrogen) atoms. The lowest BCUT2D eigenvalue weighted by Crippen LogP contribution is -2.43. The summed E-state index contributed by atoms with van der Waals surface area (Å²) in [5.74, 6) is -0.616. The predicted octanol–water partition coefficient (Wildman–Crippen LogP) is 1.87. The van der Waals surface area contributed by atoms with Gasteiger partial charge in [-0.15, -0.1) is 0 Å². The lowest BCUT2D eigenvalue weighted by molar-refractivity contribution is 0.406. The third kappa shape index (κ3) is 4.21. The Labute approximate surface area is 164 Å². The third-order valence-electron chi connectivity index (χ3n) is 4.90. The van der Waals surface area contributed by atoms with Gasteiger partial charge < -0.3 is 10.1 Å². The Balaban J connectivity index is 1.88. The minimum absolute atomic E-state index is 0.0717. The van der Waals surface area contributed by atoms with E-state index in [9.17, 15) is 21.2 Å². The Bertz CT molecular complexity index is 1080. The monoisotopic (exact) mass is 427 g/mol. The third-order valence-corrected chi connectivity index (χ3v) is 9.05. The molecule has 2 atom stereocenters. The minimum atomic E-state index is -3.96. The maximum absolute atomic E-state index is 13.5. The highest BCUT2D eigenvalue weighted by Crippen LogP contribution is 2.28. The fraction of sp³-hybridized carbons (Fsp3) is 0.368. The molecule has 0 saturated carbocycles. The highest BCUT2D eigenvalue weighted by atomic mass is 32.2. The Morgan fingerprint density at radius 2 is 1.89 bits per heavy atom. The number of hydrogen-bond acceptors (Lipinski definition) is 6. The van der Waals surface area contributed by atoms with E-state index in [1.54, 1.807) is 6.07 Å². The molecule has 0 bridgehead atoms. The van der Waals surface area contributed by atoms with Gasteiger partial charge in [0.05, 0.1) is 28.8 Å². The molecule has 1 saturated heterocycles. The molecule has 0 radical (unpaired) electrons. The second kappa shape index (κ2) is 7.81. The molecule has 1 aliphatic rings. The van der Waals surface area contributed by atoms with Crippen molar-refractivity contribution in [3.8, 4) is 5.75 Å². The van der Waals surface area contributed by atoms with Crippen LogP contribution < -0.4 is 10.1 Å². The summed E-state index contributed by atoms with van der Waals surface area (Å²) < 4.78 is 69.4. The first kappa shape index (κ1) is 20.8. The first-order valence-electron chi connectivity index (χ1n) is 8.70. The SMILES string of the molecule is COc1ccccc1CN[C@H]1CS(=O)(=O)C[C@@H]1S(=O)(=O)c1ccc(F)c(C)c1. The first-order chi connectivity index (χ1) is 13.1. The standard InChI is InChI=1S/C19H22FNO5S2/c1-13-9-15(7-8-16(13)20)28(24,25)19-12-27(22,23)11-17(19)21-10-14-5-3-4-6-18(14)26-2/h3-9,17,19,21H,10-12H2,1-2H3/t17-,19-/m0/s1. The molecule has 2 aromatic rings. The summed E-state index contributed by atoms with van der Waals surface area (Å²) in [6.07, 6.45) is 0. The van der Waals surface area contributed by atoms with Gasteiger partial charge in [0, 0.05) is 18.2 Å². The Morgan fingerprint density at radius 1 is 1.18 bits per heavy atom. The number of rotatable bonds is 6. The topological polar surface area (TPSA) is 89.5 Å². The van der Waals surface area contributed by atoms with Crippen molar-refractivity contribution >= 4 is 19.7 Å². The molecule has 1 N–H and O–H groups in total. The molecule has 0 spiro atoms. The molecule has 2 aromatic carbocycles. The van der Waals surface area contributed by atoms with E-state index in [1.165, 1.54) is 26.2 Å². The van der Waals surface area contributed by atoms with Crippen molar-refractivity contribution in [3.05, 3.63) is 59.4 Å². The van der Waals surface area contributed by atoms with Crippen LogP contribution in [0, 0.1) is 12.7 Å². The summed E-state index contributed by atoms with van der Waals surface area (Å²) in [7, 11) is -5.95. The zero-order valence-electron chi connectivity index (χ0n) is 15.6. The van der Waals surface area contributed by atoms with Crippen molar-refractivity contribution in [2.45, 2.75) is 29.7 Å². The highest BCUT2D eigenvalue weighted by molar-refractivity contribution is 7.96. The molecular formula is C19H22FNO5S2. The normalized spacial score (nSPS) is 21.5. The maximum Gasteiger partial charge on any atom is 0.183 e. The molecule has 6 nitrogen and oxygen atoms in total. The second-order valence-electron chi connectivity index (χ2n) is 6.87. The number of ether oxygens (including phenoxy) is 1. The quantitative estimate of drug-likeness (QED) is 0.708. The van der Waals surface area contributed by atoms with Crippen molar-refractivity contribution in [1.29, 1.82) is 0 Å². The second-order valence-corrected chi connectivity index (χ2v) is 11.2. The van der Waals surface area contributed by atoms with Gasteiger partial charge in [-0.05, 0) is 36.8 Å². The first-order valence-corrected chi connectivity index (χ1v) is 12.1. The number of sulfone groups is 2. The maximum atomic E-state index is 13.5. The molecule has 0 aliphatic carbocycles. The summed E-state index contributed by atoms with van der Waals surface area (Å²) in [6, 6.07) is 9.97. The van der Waals surface area contributed by atoms with Crippen LogP contribution in [0.15, 0.2) is 47.4 Å². The van der Waals surface area contributed by atoms with Crippen LogP contribution in [-0.4, -0.2) is 46.7 Å². The number of halogens is 1. The van der Waals surface area contributed by atoms with Crippen LogP contribution in [0.25, 0.3) is 0 Å². The van der Waals surface area contributed by atoms with Gasteiger partial charge in [0.1, 0.15) is 11.6 Å². The summed E-state index contributed by atoms with van der Waals surface area (Å²) in [5.41, 5.74) is 0.989. The van der Waals surface area contributed by atoms with Gasteiger partial charge in [-0.25, -0.2) is 21.2 Å². The van der Waals surface area contributed by atoms with Crippen molar-refractivity contribution < 1.29 is 26.0 Å². The lowest BCUT2D eigenvalue weighted by atomic mass is 10.1. The number of aryl methyl sites for hydroxylation is 1.